The molecule has 0 saturated heterocycles. The third kappa shape index (κ3) is 37.9. The van der Waals surface area contributed by atoms with Crippen LogP contribution in [0, 0.1) is 0 Å². The number of carbonyl (C=O) groups is 3. The van der Waals surface area contributed by atoms with Gasteiger partial charge < -0.3 is 25.2 Å². The maximum absolute atomic E-state index is 12.6. The average molecular weight is 796 g/mol. The molecule has 0 saturated carbocycles. The molecule has 0 heterocycles. The highest BCUT2D eigenvalue weighted by molar-refractivity contribution is 7.47. The molecule has 0 aromatic heterocycles. The summed E-state index contributed by atoms with van der Waals surface area (Å²) in [5, 5.41) is 8.87. The van der Waals surface area contributed by atoms with Gasteiger partial charge in [-0.25, -0.2) is 4.57 Å². The second-order valence-electron chi connectivity index (χ2n) is 13.7. The topological polar surface area (TPSA) is 172 Å². The average Bonchev–Trinajstić information content (AvgIpc) is 3.16. The predicted octanol–water partition coefficient (Wildman–Crippen LogP) is 10.8. The molecule has 0 aliphatic carbocycles. The molecule has 3 atom stereocenters. The third-order valence-electron chi connectivity index (χ3n) is 8.53. The normalized spacial score (nSPS) is 14.4. The van der Waals surface area contributed by atoms with Crippen LogP contribution < -0.4 is 5.73 Å². The number of phosphoric ester groups is 1. The van der Waals surface area contributed by atoms with Crippen molar-refractivity contribution < 1.29 is 47.5 Å². The lowest BCUT2D eigenvalue weighted by Crippen LogP contribution is -2.34. The molecule has 0 radical (unpaired) electrons. The van der Waals surface area contributed by atoms with Crippen LogP contribution in [0.2, 0.25) is 0 Å². The van der Waals surface area contributed by atoms with Gasteiger partial charge >= 0.3 is 25.7 Å². The van der Waals surface area contributed by atoms with Crippen LogP contribution in [0.15, 0.2) is 60.8 Å². The standard InChI is InChI=1S/C43H74NO10P/c1-3-5-7-9-11-13-15-17-18-19-20-21-22-23-25-27-29-31-33-35-42(46)54-39(37-52-55(49,50)53-38-40(44)43(47)48)36-51-41(45)34-32-30-28-26-24-16-14-12-10-8-6-4-2/h5,7,11,13,17-18,20-21,23,25,39-40H,3-4,6,8-10,12,14-16,19,22,24,26-38,44H2,1-2H3,(H,47,48)(H,49,50)/b7-5-,13-11-,18-17-,21-20-,25-23-. The Kier molecular flexibility index (Phi) is 36.1. The highest BCUT2D eigenvalue weighted by atomic mass is 31.2. The second-order valence-corrected chi connectivity index (χ2v) is 15.2. The number of unbranched alkanes of at least 4 members (excludes halogenated alkanes) is 14. The number of allylic oxidation sites excluding steroid dienone is 10. The molecule has 0 amide bonds. The summed E-state index contributed by atoms with van der Waals surface area (Å²) in [6.45, 7) is 2.64. The van der Waals surface area contributed by atoms with E-state index in [1.807, 2.05) is 0 Å². The number of rotatable bonds is 38. The maximum Gasteiger partial charge on any atom is 0.472 e. The number of esters is 2. The molecule has 0 aromatic carbocycles. The molecule has 55 heavy (non-hydrogen) atoms. The summed E-state index contributed by atoms with van der Waals surface area (Å²) in [4.78, 5) is 45.9. The molecule has 0 bridgehead atoms. The summed E-state index contributed by atoms with van der Waals surface area (Å²) in [5.41, 5.74) is 5.32. The number of aliphatic carboxylic acids is 1. The summed E-state index contributed by atoms with van der Waals surface area (Å²) in [6.07, 6.45) is 42.9. The van der Waals surface area contributed by atoms with E-state index in [1.165, 1.54) is 51.4 Å². The van der Waals surface area contributed by atoms with Gasteiger partial charge in [0.1, 0.15) is 12.6 Å². The molecule has 3 unspecified atom stereocenters. The fraction of sp³-hybridized carbons (Fsp3) is 0.698. The van der Waals surface area contributed by atoms with Crippen molar-refractivity contribution in [3.8, 4) is 0 Å². The number of hydrogen-bond acceptors (Lipinski definition) is 9. The van der Waals surface area contributed by atoms with E-state index in [4.69, 9.17) is 24.8 Å². The molecule has 0 aliphatic rings. The molecule has 0 spiro atoms. The third-order valence-corrected chi connectivity index (χ3v) is 9.48. The van der Waals surface area contributed by atoms with Crippen LogP contribution >= 0.6 is 7.82 Å². The summed E-state index contributed by atoms with van der Waals surface area (Å²) in [6, 6.07) is -1.53. The highest BCUT2D eigenvalue weighted by Crippen LogP contribution is 2.43. The van der Waals surface area contributed by atoms with E-state index < -0.39 is 51.1 Å². The Morgan fingerprint density at radius 3 is 1.53 bits per heavy atom. The minimum atomic E-state index is -4.72. The predicted molar refractivity (Wildman–Crippen MR) is 221 cm³/mol. The lowest BCUT2D eigenvalue weighted by atomic mass is 10.0. The van der Waals surface area contributed by atoms with Gasteiger partial charge in [0.15, 0.2) is 6.10 Å². The highest BCUT2D eigenvalue weighted by Gasteiger charge is 2.28. The van der Waals surface area contributed by atoms with E-state index in [0.717, 1.165) is 70.6 Å². The van der Waals surface area contributed by atoms with Crippen molar-refractivity contribution in [3.63, 3.8) is 0 Å². The lowest BCUT2D eigenvalue weighted by Gasteiger charge is -2.20. The van der Waals surface area contributed by atoms with E-state index in [1.54, 1.807) is 0 Å². The van der Waals surface area contributed by atoms with Gasteiger partial charge in [0, 0.05) is 12.8 Å². The maximum atomic E-state index is 12.6. The lowest BCUT2D eigenvalue weighted by molar-refractivity contribution is -0.161. The first-order chi connectivity index (χ1) is 26.6. The molecule has 12 heteroatoms. The zero-order valence-corrected chi connectivity index (χ0v) is 34.9. The van der Waals surface area contributed by atoms with Crippen molar-refractivity contribution in [2.45, 2.75) is 174 Å². The van der Waals surface area contributed by atoms with E-state index >= 15 is 0 Å². The minimum Gasteiger partial charge on any atom is -0.480 e. The molecule has 0 aromatic rings. The smallest absolute Gasteiger partial charge is 0.472 e. The monoisotopic (exact) mass is 796 g/mol. The summed E-state index contributed by atoms with van der Waals surface area (Å²) in [5.74, 6) is -2.43. The number of phosphoric acid groups is 1. The van der Waals surface area contributed by atoms with Gasteiger partial charge in [-0.05, 0) is 57.8 Å². The van der Waals surface area contributed by atoms with Crippen LogP contribution in [0.25, 0.3) is 0 Å². The summed E-state index contributed by atoms with van der Waals surface area (Å²) >= 11 is 0. The molecule has 316 valence electrons. The van der Waals surface area contributed by atoms with Gasteiger partial charge in [0.2, 0.25) is 0 Å². The van der Waals surface area contributed by atoms with Crippen LogP contribution in [0.1, 0.15) is 162 Å². The van der Waals surface area contributed by atoms with Crippen molar-refractivity contribution in [1.29, 1.82) is 0 Å². The minimum absolute atomic E-state index is 0.121. The van der Waals surface area contributed by atoms with Crippen LogP contribution in [-0.4, -0.2) is 59.9 Å². The first kappa shape index (κ1) is 52.2. The molecule has 0 fully saturated rings. The van der Waals surface area contributed by atoms with Crippen LogP contribution in [0.5, 0.6) is 0 Å². The summed E-state index contributed by atoms with van der Waals surface area (Å²) in [7, 11) is -4.72. The van der Waals surface area contributed by atoms with Crippen LogP contribution in [0.4, 0.5) is 0 Å². The number of carboxylic acid groups (broad SMARTS) is 1. The second kappa shape index (κ2) is 38.1. The van der Waals surface area contributed by atoms with Crippen molar-refractivity contribution in [1.82, 2.24) is 0 Å². The van der Waals surface area contributed by atoms with Gasteiger partial charge in [-0.15, -0.1) is 0 Å². The van der Waals surface area contributed by atoms with Crippen molar-refractivity contribution in [3.05, 3.63) is 60.8 Å². The van der Waals surface area contributed by atoms with Crippen molar-refractivity contribution in [2.75, 3.05) is 19.8 Å². The zero-order chi connectivity index (χ0) is 40.7. The molecule has 0 rings (SSSR count). The van der Waals surface area contributed by atoms with Gasteiger partial charge in [-0.3, -0.25) is 23.4 Å². The van der Waals surface area contributed by atoms with E-state index in [2.05, 4.69) is 79.1 Å². The first-order valence-electron chi connectivity index (χ1n) is 20.8. The zero-order valence-electron chi connectivity index (χ0n) is 34.0. The first-order valence-corrected chi connectivity index (χ1v) is 22.3. The summed E-state index contributed by atoms with van der Waals surface area (Å²) < 4.78 is 32.6. The van der Waals surface area contributed by atoms with Gasteiger partial charge in [0.25, 0.3) is 0 Å². The molecule has 4 N–H and O–H groups in total. The Morgan fingerprint density at radius 2 is 1.02 bits per heavy atom. The Bertz CT molecular complexity index is 1170. The van der Waals surface area contributed by atoms with E-state index in [-0.39, 0.29) is 19.4 Å². The van der Waals surface area contributed by atoms with E-state index in [9.17, 15) is 23.8 Å². The van der Waals surface area contributed by atoms with Gasteiger partial charge in [-0.1, -0.05) is 152 Å². The van der Waals surface area contributed by atoms with Crippen molar-refractivity contribution >= 4 is 25.7 Å². The fourth-order valence-corrected chi connectivity index (χ4v) is 6.04. The molecule has 11 nitrogen and oxygen atoms in total. The van der Waals surface area contributed by atoms with Crippen LogP contribution in [0.3, 0.4) is 0 Å². The Labute approximate surface area is 332 Å². The Morgan fingerprint density at radius 1 is 0.582 bits per heavy atom. The van der Waals surface area contributed by atoms with Crippen molar-refractivity contribution in [2.24, 2.45) is 5.73 Å². The molecular weight excluding hydrogens is 721 g/mol. The fourth-order valence-electron chi connectivity index (χ4n) is 5.27. The Balaban J connectivity index is 4.46. The molecule has 0 aliphatic heterocycles. The molecular formula is C43H74NO10P. The number of carboxylic acids is 1. The number of ether oxygens (including phenoxy) is 2. The van der Waals surface area contributed by atoms with E-state index in [0.29, 0.717) is 12.8 Å². The Hall–Kier alpha value is -2.82. The SMILES string of the molecule is CC/C=C\C/C=C\C/C=C\C/C=C\C/C=C\CCCCCC(=O)OC(COC(=O)CCCCCCCCCCCCCC)COP(=O)(O)OCC(N)C(=O)O. The number of hydrogen-bond donors (Lipinski definition) is 3. The van der Waals surface area contributed by atoms with Gasteiger partial charge in [0.05, 0.1) is 13.2 Å². The largest absolute Gasteiger partial charge is 0.480 e. The van der Waals surface area contributed by atoms with Gasteiger partial charge in [-0.2, -0.15) is 0 Å². The number of carbonyl (C=O) groups excluding carboxylic acids is 2. The van der Waals surface area contributed by atoms with Crippen LogP contribution in [-0.2, 0) is 37.5 Å². The quantitative estimate of drug-likeness (QED) is 0.0235. The number of nitrogens with two attached hydrogens (primary N) is 1.